The van der Waals surface area contributed by atoms with Gasteiger partial charge in [0.15, 0.2) is 0 Å². The average Bonchev–Trinajstić information content (AvgIpc) is 2.27. The Balaban J connectivity index is 2.26. The maximum Gasteiger partial charge on any atom is 0.0594 e. The molecule has 0 aromatic heterocycles. The molecule has 0 aromatic carbocycles. The summed E-state index contributed by atoms with van der Waals surface area (Å²) in [5.41, 5.74) is 1.68. The van der Waals surface area contributed by atoms with E-state index >= 15 is 0 Å². The fourth-order valence-corrected chi connectivity index (χ4v) is 1.71. The topological polar surface area (TPSA) is 12.5 Å². The van der Waals surface area contributed by atoms with Crippen molar-refractivity contribution < 1.29 is 4.74 Å². The smallest absolute Gasteiger partial charge is 0.0594 e. The first kappa shape index (κ1) is 12.7. The lowest BCUT2D eigenvalue weighted by Crippen LogP contribution is -2.37. The van der Waals surface area contributed by atoms with E-state index in [0.717, 1.165) is 39.3 Å². The van der Waals surface area contributed by atoms with E-state index in [4.69, 9.17) is 4.74 Å². The van der Waals surface area contributed by atoms with Gasteiger partial charge in [-0.15, -0.1) is 0 Å². The highest BCUT2D eigenvalue weighted by Crippen LogP contribution is 2.30. The first-order chi connectivity index (χ1) is 7.06. The van der Waals surface area contributed by atoms with E-state index in [2.05, 4.69) is 32.3 Å². The molecule has 2 heteroatoms. The highest BCUT2D eigenvalue weighted by molar-refractivity contribution is 5.06. The van der Waals surface area contributed by atoms with Crippen LogP contribution in [0.2, 0.25) is 0 Å². The van der Waals surface area contributed by atoms with Crippen molar-refractivity contribution >= 4 is 0 Å². The number of ether oxygens (including phenoxy) is 1. The lowest BCUT2D eigenvalue weighted by molar-refractivity contribution is 0.0379. The molecule has 1 rings (SSSR count). The highest BCUT2D eigenvalue weighted by atomic mass is 16.5. The second kappa shape index (κ2) is 5.66. The van der Waals surface area contributed by atoms with Gasteiger partial charge in [-0.1, -0.05) is 32.9 Å². The minimum Gasteiger partial charge on any atom is -0.379 e. The van der Waals surface area contributed by atoms with Gasteiger partial charge in [-0.25, -0.2) is 0 Å². The summed E-state index contributed by atoms with van der Waals surface area (Å²) in [6.45, 7) is 16.1. The second-order valence-electron chi connectivity index (χ2n) is 5.05. The summed E-state index contributed by atoms with van der Waals surface area (Å²) in [6, 6.07) is 0. The van der Waals surface area contributed by atoms with Gasteiger partial charge in [0.25, 0.3) is 0 Å². The molecule has 0 aliphatic carbocycles. The highest BCUT2D eigenvalue weighted by Gasteiger charge is 2.20. The minimum atomic E-state index is 0.298. The van der Waals surface area contributed by atoms with Crippen molar-refractivity contribution in [1.29, 1.82) is 0 Å². The molecular formula is C13H25NO. The molecule has 0 unspecified atom stereocenters. The van der Waals surface area contributed by atoms with Crippen molar-refractivity contribution in [3.63, 3.8) is 0 Å². The van der Waals surface area contributed by atoms with E-state index in [0.29, 0.717) is 5.41 Å². The molecule has 1 aliphatic rings. The van der Waals surface area contributed by atoms with E-state index in [1.807, 2.05) is 0 Å². The molecule has 0 spiro atoms. The van der Waals surface area contributed by atoms with Crippen LogP contribution >= 0.6 is 0 Å². The fourth-order valence-electron chi connectivity index (χ4n) is 1.71. The van der Waals surface area contributed by atoms with Crippen LogP contribution in [0.25, 0.3) is 0 Å². The van der Waals surface area contributed by atoms with E-state index < -0.39 is 0 Å². The Kier molecular flexibility index (Phi) is 4.81. The van der Waals surface area contributed by atoms with Crippen molar-refractivity contribution in [1.82, 2.24) is 4.90 Å². The van der Waals surface area contributed by atoms with Gasteiger partial charge < -0.3 is 4.74 Å². The van der Waals surface area contributed by atoms with Gasteiger partial charge in [-0.2, -0.15) is 0 Å². The third-order valence-electron chi connectivity index (χ3n) is 3.67. The number of nitrogens with zero attached hydrogens (tertiary/aromatic N) is 1. The third-order valence-corrected chi connectivity index (χ3v) is 3.67. The minimum absolute atomic E-state index is 0.298. The lowest BCUT2D eigenvalue weighted by Gasteiger charge is -2.30. The van der Waals surface area contributed by atoms with Gasteiger partial charge in [0.05, 0.1) is 13.2 Å². The van der Waals surface area contributed by atoms with Gasteiger partial charge in [0.2, 0.25) is 0 Å². The van der Waals surface area contributed by atoms with Crippen LogP contribution in [0.3, 0.4) is 0 Å². The van der Waals surface area contributed by atoms with E-state index in [1.54, 1.807) is 0 Å². The van der Waals surface area contributed by atoms with Gasteiger partial charge in [0, 0.05) is 19.6 Å². The summed E-state index contributed by atoms with van der Waals surface area (Å²) >= 11 is 0. The number of rotatable bonds is 5. The predicted octanol–water partition coefficient (Wildman–Crippen LogP) is 2.70. The van der Waals surface area contributed by atoms with Crippen LogP contribution in [0, 0.1) is 5.41 Å². The monoisotopic (exact) mass is 211 g/mol. The standard InChI is InChI=1S/C13H25NO/c1-5-13(3,4)12(2)6-7-14-8-10-15-11-9-14/h2,5-11H2,1,3-4H3. The van der Waals surface area contributed by atoms with Crippen LogP contribution in [0.4, 0.5) is 0 Å². The summed E-state index contributed by atoms with van der Waals surface area (Å²) in [6.07, 6.45) is 2.30. The van der Waals surface area contributed by atoms with Gasteiger partial charge >= 0.3 is 0 Å². The molecule has 15 heavy (non-hydrogen) atoms. The Morgan fingerprint density at radius 2 is 1.93 bits per heavy atom. The molecule has 0 bridgehead atoms. The van der Waals surface area contributed by atoms with Crippen LogP contribution < -0.4 is 0 Å². The molecule has 0 amide bonds. The maximum absolute atomic E-state index is 5.33. The van der Waals surface area contributed by atoms with Crippen molar-refractivity contribution in [2.45, 2.75) is 33.6 Å². The number of morpholine rings is 1. The molecule has 1 heterocycles. The molecule has 0 aromatic rings. The Hall–Kier alpha value is -0.340. The summed E-state index contributed by atoms with van der Waals surface area (Å²) in [5, 5.41) is 0. The molecule has 0 atom stereocenters. The van der Waals surface area contributed by atoms with Crippen LogP contribution in [0.1, 0.15) is 33.6 Å². The number of hydrogen-bond donors (Lipinski definition) is 0. The predicted molar refractivity (Wildman–Crippen MR) is 65.1 cm³/mol. The summed E-state index contributed by atoms with van der Waals surface area (Å²) in [4.78, 5) is 2.47. The summed E-state index contributed by atoms with van der Waals surface area (Å²) in [5.74, 6) is 0. The Morgan fingerprint density at radius 1 is 1.33 bits per heavy atom. The molecule has 1 aliphatic heterocycles. The normalized spacial score (nSPS) is 19.1. The van der Waals surface area contributed by atoms with Crippen LogP contribution in [-0.2, 0) is 4.74 Å². The van der Waals surface area contributed by atoms with E-state index in [1.165, 1.54) is 12.0 Å². The Bertz CT molecular complexity index is 205. The average molecular weight is 211 g/mol. The lowest BCUT2D eigenvalue weighted by atomic mass is 9.81. The first-order valence-electron chi connectivity index (χ1n) is 6.04. The molecule has 0 saturated carbocycles. The van der Waals surface area contributed by atoms with Crippen molar-refractivity contribution in [2.75, 3.05) is 32.8 Å². The van der Waals surface area contributed by atoms with Crippen molar-refractivity contribution in [3.05, 3.63) is 12.2 Å². The third kappa shape index (κ3) is 3.96. The Labute approximate surface area is 94.3 Å². The Morgan fingerprint density at radius 3 is 2.47 bits per heavy atom. The van der Waals surface area contributed by atoms with Gasteiger partial charge in [0.1, 0.15) is 0 Å². The van der Waals surface area contributed by atoms with E-state index in [-0.39, 0.29) is 0 Å². The maximum atomic E-state index is 5.33. The zero-order chi connectivity index (χ0) is 11.3. The first-order valence-corrected chi connectivity index (χ1v) is 6.04. The zero-order valence-corrected chi connectivity index (χ0v) is 10.5. The van der Waals surface area contributed by atoms with Crippen LogP contribution in [0.5, 0.6) is 0 Å². The fraction of sp³-hybridized carbons (Fsp3) is 0.846. The second-order valence-corrected chi connectivity index (χ2v) is 5.05. The molecule has 0 radical (unpaired) electrons. The SMILES string of the molecule is C=C(CCN1CCOCC1)C(C)(C)CC. The molecule has 0 N–H and O–H groups in total. The largest absolute Gasteiger partial charge is 0.379 e. The molecule has 1 fully saturated rings. The quantitative estimate of drug-likeness (QED) is 0.648. The molecule has 2 nitrogen and oxygen atoms in total. The van der Waals surface area contributed by atoms with Crippen molar-refractivity contribution in [2.24, 2.45) is 5.41 Å². The summed E-state index contributed by atoms with van der Waals surface area (Å²) in [7, 11) is 0. The van der Waals surface area contributed by atoms with Crippen molar-refractivity contribution in [3.8, 4) is 0 Å². The zero-order valence-electron chi connectivity index (χ0n) is 10.5. The molecular weight excluding hydrogens is 186 g/mol. The van der Waals surface area contributed by atoms with Gasteiger partial charge in [-0.3, -0.25) is 4.90 Å². The summed E-state index contributed by atoms with van der Waals surface area (Å²) < 4.78 is 5.33. The van der Waals surface area contributed by atoms with E-state index in [9.17, 15) is 0 Å². The van der Waals surface area contributed by atoms with Gasteiger partial charge in [-0.05, 0) is 18.3 Å². The van der Waals surface area contributed by atoms with Crippen LogP contribution in [-0.4, -0.2) is 37.7 Å². The van der Waals surface area contributed by atoms with Crippen LogP contribution in [0.15, 0.2) is 12.2 Å². The molecule has 1 saturated heterocycles. The molecule has 88 valence electrons. The number of hydrogen-bond acceptors (Lipinski definition) is 2.